The molecule has 0 aliphatic carbocycles. The number of benzene rings is 2. The molecule has 2 aromatic carbocycles. The van der Waals surface area contributed by atoms with Crippen molar-refractivity contribution < 1.29 is 22.8 Å². The summed E-state index contributed by atoms with van der Waals surface area (Å²) in [5.74, 6) is 0.737. The second-order valence-electron chi connectivity index (χ2n) is 5.89. The van der Waals surface area contributed by atoms with Crippen LogP contribution in [0.4, 0.5) is 4.39 Å². The molecule has 0 atom stereocenters. The Labute approximate surface area is 159 Å². The van der Waals surface area contributed by atoms with Crippen LogP contribution in [0.1, 0.15) is 5.76 Å². The number of rotatable bonds is 6. The maximum absolute atomic E-state index is 13.5. The van der Waals surface area contributed by atoms with Crippen LogP contribution < -0.4 is 4.74 Å². The van der Waals surface area contributed by atoms with E-state index < -0.39 is 5.82 Å². The van der Waals surface area contributed by atoms with Gasteiger partial charge in [0.05, 0.1) is 12.7 Å². The molecule has 7 nitrogen and oxygen atoms in total. The molecule has 0 N–H and O–H groups in total. The van der Waals surface area contributed by atoms with Gasteiger partial charge in [-0.1, -0.05) is 35.5 Å². The van der Waals surface area contributed by atoms with Crippen molar-refractivity contribution >= 4 is 0 Å². The van der Waals surface area contributed by atoms with Gasteiger partial charge in [-0.05, 0) is 12.1 Å². The summed E-state index contributed by atoms with van der Waals surface area (Å²) < 4.78 is 35.2. The van der Waals surface area contributed by atoms with Gasteiger partial charge in [-0.2, -0.15) is 0 Å². The minimum absolute atomic E-state index is 0.187. The fourth-order valence-corrected chi connectivity index (χ4v) is 2.84. The number of hydrogen-bond acceptors (Lipinski definition) is 7. The lowest BCUT2D eigenvalue weighted by Gasteiger charge is -2.04. The molecule has 0 fully saturated rings. The quantitative estimate of drug-likeness (QED) is 0.491. The van der Waals surface area contributed by atoms with Crippen LogP contribution in [-0.4, -0.2) is 29.6 Å². The highest BCUT2D eigenvalue weighted by molar-refractivity contribution is 5.78. The minimum Gasteiger partial charge on any atom is -0.496 e. The van der Waals surface area contributed by atoms with Gasteiger partial charge in [0, 0.05) is 18.7 Å². The Morgan fingerprint density at radius 1 is 1.00 bits per heavy atom. The zero-order valence-corrected chi connectivity index (χ0v) is 15.2. The monoisotopic (exact) mass is 381 g/mol. The number of aromatic nitrogens is 3. The van der Waals surface area contributed by atoms with E-state index in [2.05, 4.69) is 15.4 Å². The van der Waals surface area contributed by atoms with Crippen LogP contribution >= 0.6 is 0 Å². The normalized spacial score (nSPS) is 11.0. The van der Waals surface area contributed by atoms with Crippen molar-refractivity contribution in [2.24, 2.45) is 0 Å². The molecule has 28 heavy (non-hydrogen) atoms. The van der Waals surface area contributed by atoms with Gasteiger partial charge in [0.25, 0.3) is 11.8 Å². The Morgan fingerprint density at radius 3 is 2.54 bits per heavy atom. The first kappa shape index (κ1) is 17.9. The summed E-state index contributed by atoms with van der Waals surface area (Å²) in [6.45, 7) is 0.187. The van der Waals surface area contributed by atoms with E-state index in [0.717, 1.165) is 5.56 Å². The molecule has 2 aromatic heterocycles. The fourth-order valence-electron chi connectivity index (χ4n) is 2.84. The molecule has 0 bridgehead atoms. The van der Waals surface area contributed by atoms with Crippen LogP contribution in [0, 0.1) is 5.82 Å². The molecule has 0 spiro atoms. The molecule has 0 saturated carbocycles. The third-order valence-corrected chi connectivity index (χ3v) is 4.12. The number of ether oxygens (including phenoxy) is 2. The first-order valence-corrected chi connectivity index (χ1v) is 8.42. The average molecular weight is 381 g/mol. The van der Waals surface area contributed by atoms with Crippen LogP contribution in [0.2, 0.25) is 0 Å². The summed E-state index contributed by atoms with van der Waals surface area (Å²) in [6.07, 6.45) is 0. The van der Waals surface area contributed by atoms with E-state index >= 15 is 0 Å². The van der Waals surface area contributed by atoms with Gasteiger partial charge >= 0.3 is 0 Å². The Hall–Kier alpha value is -3.52. The summed E-state index contributed by atoms with van der Waals surface area (Å²) >= 11 is 0. The highest BCUT2D eigenvalue weighted by Gasteiger charge is 2.25. The van der Waals surface area contributed by atoms with E-state index in [0.29, 0.717) is 28.3 Å². The van der Waals surface area contributed by atoms with Gasteiger partial charge in [-0.15, -0.1) is 10.2 Å². The van der Waals surface area contributed by atoms with Crippen molar-refractivity contribution in [3.05, 3.63) is 60.1 Å². The van der Waals surface area contributed by atoms with E-state index in [1.165, 1.54) is 25.3 Å². The molecular weight excluding hydrogens is 365 g/mol. The van der Waals surface area contributed by atoms with E-state index in [4.69, 9.17) is 18.4 Å². The second kappa shape index (κ2) is 7.61. The van der Waals surface area contributed by atoms with Crippen molar-refractivity contribution in [3.63, 3.8) is 0 Å². The molecule has 0 radical (unpaired) electrons. The summed E-state index contributed by atoms with van der Waals surface area (Å²) in [7, 11) is 3.00. The predicted octanol–water partition coefficient (Wildman–Crippen LogP) is 4.35. The van der Waals surface area contributed by atoms with Gasteiger partial charge in [-0.25, -0.2) is 4.39 Å². The Balaban J connectivity index is 1.82. The predicted molar refractivity (Wildman–Crippen MR) is 97.9 cm³/mol. The van der Waals surface area contributed by atoms with Gasteiger partial charge in [-0.3, -0.25) is 0 Å². The van der Waals surface area contributed by atoms with Crippen LogP contribution in [-0.2, 0) is 11.3 Å². The van der Waals surface area contributed by atoms with Gasteiger partial charge in [0.15, 0.2) is 5.76 Å². The standard InChI is InChI=1S/C20H16FN3O4/c1-25-11-16-17(18(24-28-16)12-6-4-3-5-7-12)20-23-22-19(27-20)14-9-8-13(21)10-15(14)26-2/h3-10H,11H2,1-2H3. The SMILES string of the molecule is COCc1onc(-c2ccccc2)c1-c1nnc(-c2ccc(F)cc2OC)o1. The zero-order valence-electron chi connectivity index (χ0n) is 15.2. The number of nitrogens with zero attached hydrogens (tertiary/aromatic N) is 3. The van der Waals surface area contributed by atoms with Crippen molar-refractivity contribution in [3.8, 4) is 39.9 Å². The molecule has 4 rings (SSSR count). The maximum atomic E-state index is 13.5. The summed E-state index contributed by atoms with van der Waals surface area (Å²) in [6, 6.07) is 13.6. The third kappa shape index (κ3) is 3.25. The van der Waals surface area contributed by atoms with Crippen LogP contribution in [0.25, 0.3) is 34.2 Å². The van der Waals surface area contributed by atoms with E-state index in [9.17, 15) is 4.39 Å². The lowest BCUT2D eigenvalue weighted by Crippen LogP contribution is -1.90. The van der Waals surface area contributed by atoms with Crippen LogP contribution in [0.3, 0.4) is 0 Å². The van der Waals surface area contributed by atoms with Crippen LogP contribution in [0.5, 0.6) is 5.75 Å². The average Bonchev–Trinajstić information content (AvgIpc) is 3.36. The van der Waals surface area contributed by atoms with E-state index in [1.54, 1.807) is 7.11 Å². The highest BCUT2D eigenvalue weighted by atomic mass is 19.1. The lowest BCUT2D eigenvalue weighted by atomic mass is 10.1. The Morgan fingerprint density at radius 2 is 1.79 bits per heavy atom. The molecule has 142 valence electrons. The fraction of sp³-hybridized carbons (Fsp3) is 0.150. The topological polar surface area (TPSA) is 83.4 Å². The third-order valence-electron chi connectivity index (χ3n) is 4.12. The lowest BCUT2D eigenvalue weighted by molar-refractivity contribution is 0.156. The molecule has 0 aliphatic rings. The molecule has 0 aliphatic heterocycles. The molecule has 0 unspecified atom stereocenters. The van der Waals surface area contributed by atoms with E-state index in [1.807, 2.05) is 30.3 Å². The number of methoxy groups -OCH3 is 2. The molecule has 0 saturated heterocycles. The van der Waals surface area contributed by atoms with Crippen molar-refractivity contribution in [1.82, 2.24) is 15.4 Å². The first-order valence-electron chi connectivity index (χ1n) is 8.42. The van der Waals surface area contributed by atoms with Gasteiger partial charge < -0.3 is 18.4 Å². The Bertz CT molecular complexity index is 1090. The maximum Gasteiger partial charge on any atom is 0.254 e. The molecular formula is C20H16FN3O4. The van der Waals surface area contributed by atoms with Crippen molar-refractivity contribution in [1.29, 1.82) is 0 Å². The van der Waals surface area contributed by atoms with Gasteiger partial charge in [0.2, 0.25) is 0 Å². The molecule has 8 heteroatoms. The molecule has 4 aromatic rings. The zero-order chi connectivity index (χ0) is 19.5. The van der Waals surface area contributed by atoms with Crippen molar-refractivity contribution in [2.45, 2.75) is 6.61 Å². The number of halogens is 1. The van der Waals surface area contributed by atoms with Gasteiger partial charge in [0.1, 0.15) is 29.4 Å². The summed E-state index contributed by atoms with van der Waals surface area (Å²) in [4.78, 5) is 0. The molecule has 2 heterocycles. The second-order valence-corrected chi connectivity index (χ2v) is 5.89. The molecule has 0 amide bonds. The largest absolute Gasteiger partial charge is 0.496 e. The summed E-state index contributed by atoms with van der Waals surface area (Å²) in [5.41, 5.74) is 2.43. The number of hydrogen-bond donors (Lipinski definition) is 0. The first-order chi connectivity index (χ1) is 13.7. The van der Waals surface area contributed by atoms with Crippen molar-refractivity contribution in [2.75, 3.05) is 14.2 Å². The minimum atomic E-state index is -0.423. The Kier molecular flexibility index (Phi) is 4.86. The highest BCUT2D eigenvalue weighted by Crippen LogP contribution is 2.37. The van der Waals surface area contributed by atoms with Crippen LogP contribution in [0.15, 0.2) is 57.5 Å². The summed E-state index contributed by atoms with van der Waals surface area (Å²) in [5, 5.41) is 12.4. The smallest absolute Gasteiger partial charge is 0.254 e. The van der Waals surface area contributed by atoms with E-state index in [-0.39, 0.29) is 18.4 Å².